The van der Waals surface area contributed by atoms with Gasteiger partial charge in [-0.25, -0.2) is 0 Å². The van der Waals surface area contributed by atoms with E-state index in [4.69, 9.17) is 0 Å². The molecule has 10 heteroatoms. The molecule has 4 heterocycles. The zero-order valence-electron chi connectivity index (χ0n) is 30.2. The number of benzene rings is 6. The Morgan fingerprint density at radius 2 is 0.719 bits per heavy atom. The van der Waals surface area contributed by atoms with Crippen LogP contribution in [-0.4, -0.2) is 26.9 Å². The second kappa shape index (κ2) is 11.6. The Morgan fingerprint density at radius 3 is 1.05 bits per heavy atom. The molecule has 57 heavy (non-hydrogen) atoms. The van der Waals surface area contributed by atoms with Crippen LogP contribution in [-0.2, 0) is 0 Å². The third-order valence-electron chi connectivity index (χ3n) is 11.5. The van der Waals surface area contributed by atoms with Crippen LogP contribution in [0.25, 0.3) is 86.3 Å². The molecule has 0 N–H and O–H groups in total. The van der Waals surface area contributed by atoms with Crippen molar-refractivity contribution in [2.24, 2.45) is 0 Å². The number of allylic oxidation sites excluding steroid dienone is 2. The smallest absolute Gasteiger partial charge is 0.309 e. The van der Waals surface area contributed by atoms with Gasteiger partial charge in [0.15, 0.2) is 0 Å². The standard InChI is InChI=1S/C47H28F6N2S2/c1-25-41(33-21-19-27(23-39(33)56-25)54-35-15-7-3-11-29(35)30-12-4-8-16-36(30)54)43-44(46(50,51)47(52,53)45(43,48)49)42-26(2)57-40-24-28(20-22-34(40)42)55-37-17-9-5-13-31(37)32-14-6-10-18-38(32)55/h3-24H,1-2H3. The van der Waals surface area contributed by atoms with Gasteiger partial charge in [-0.2, -0.15) is 26.3 Å². The Morgan fingerprint density at radius 1 is 0.404 bits per heavy atom. The summed E-state index contributed by atoms with van der Waals surface area (Å²) in [5, 5.41) is 4.55. The van der Waals surface area contributed by atoms with E-state index in [0.717, 1.165) is 77.7 Å². The number of hydrogen-bond acceptors (Lipinski definition) is 2. The molecule has 0 atom stereocenters. The zero-order valence-corrected chi connectivity index (χ0v) is 31.8. The fourth-order valence-corrected chi connectivity index (χ4v) is 11.3. The van der Waals surface area contributed by atoms with E-state index >= 15 is 26.3 Å². The molecule has 6 aromatic carbocycles. The predicted molar refractivity (Wildman–Crippen MR) is 223 cm³/mol. The van der Waals surface area contributed by atoms with Gasteiger partial charge in [0.25, 0.3) is 0 Å². The van der Waals surface area contributed by atoms with Crippen molar-refractivity contribution >= 4 is 97.6 Å². The molecule has 1 aliphatic carbocycles. The number of nitrogens with zero attached hydrogens (tertiary/aromatic N) is 2. The molecule has 0 radical (unpaired) electrons. The van der Waals surface area contributed by atoms with Gasteiger partial charge in [-0.1, -0.05) is 84.9 Å². The van der Waals surface area contributed by atoms with Crippen molar-refractivity contribution < 1.29 is 26.3 Å². The first-order valence-electron chi connectivity index (χ1n) is 18.3. The number of hydrogen-bond donors (Lipinski definition) is 0. The van der Waals surface area contributed by atoms with Gasteiger partial charge in [0.2, 0.25) is 0 Å². The summed E-state index contributed by atoms with van der Waals surface area (Å²) in [6.45, 7) is 3.07. The first kappa shape index (κ1) is 34.4. The van der Waals surface area contributed by atoms with E-state index in [9.17, 15) is 0 Å². The molecule has 0 saturated carbocycles. The maximum absolute atomic E-state index is 16.4. The lowest BCUT2D eigenvalue weighted by atomic mass is 9.91. The highest BCUT2D eigenvalue weighted by molar-refractivity contribution is 7.19. The van der Waals surface area contributed by atoms with Gasteiger partial charge in [0, 0.05) is 85.1 Å². The van der Waals surface area contributed by atoms with E-state index in [1.165, 1.54) is 13.8 Å². The lowest BCUT2D eigenvalue weighted by molar-refractivity contribution is -0.254. The fourth-order valence-electron chi connectivity index (χ4n) is 9.11. The molecule has 1 aliphatic rings. The van der Waals surface area contributed by atoms with Crippen LogP contribution in [0.5, 0.6) is 0 Å². The van der Waals surface area contributed by atoms with Gasteiger partial charge in [-0.05, 0) is 62.4 Å². The lowest BCUT2D eigenvalue weighted by Gasteiger charge is -2.26. The molecule has 0 fully saturated rings. The summed E-state index contributed by atoms with van der Waals surface area (Å²) in [4.78, 5) is 0.492. The van der Waals surface area contributed by atoms with Crippen molar-refractivity contribution in [2.75, 3.05) is 0 Å². The normalized spacial score (nSPS) is 16.4. The zero-order chi connectivity index (χ0) is 39.2. The Labute approximate surface area is 329 Å². The Hall–Kier alpha value is -5.84. The summed E-state index contributed by atoms with van der Waals surface area (Å²) in [5.74, 6) is -16.0. The minimum absolute atomic E-state index is 0.216. The van der Waals surface area contributed by atoms with Crippen LogP contribution in [0.1, 0.15) is 20.9 Å². The minimum Gasteiger partial charge on any atom is -0.309 e. The number of aromatic nitrogens is 2. The maximum atomic E-state index is 16.4. The van der Waals surface area contributed by atoms with Crippen LogP contribution < -0.4 is 0 Å². The first-order chi connectivity index (χ1) is 27.4. The highest BCUT2D eigenvalue weighted by Crippen LogP contribution is 2.67. The number of aryl methyl sites for hydroxylation is 2. The molecule has 0 unspecified atom stereocenters. The topological polar surface area (TPSA) is 9.86 Å². The second-order valence-electron chi connectivity index (χ2n) is 14.6. The van der Waals surface area contributed by atoms with Crippen LogP contribution in [0.3, 0.4) is 0 Å². The molecule has 11 rings (SSSR count). The number of para-hydroxylation sites is 4. The highest BCUT2D eigenvalue weighted by atomic mass is 32.1. The Balaban J connectivity index is 1.14. The van der Waals surface area contributed by atoms with Gasteiger partial charge < -0.3 is 9.13 Å². The quantitative estimate of drug-likeness (QED) is 0.157. The van der Waals surface area contributed by atoms with E-state index in [1.807, 2.05) is 109 Å². The minimum atomic E-state index is -5.68. The van der Waals surface area contributed by atoms with Gasteiger partial charge in [0.1, 0.15) is 0 Å². The SMILES string of the molecule is Cc1sc2cc(-n3c4ccccc4c4ccccc43)ccc2c1C1=C(c2c(C)sc3cc(-n4c5ccccc5c5ccccc54)ccc23)C(F)(F)C(F)(F)C1(F)F. The molecule has 0 spiro atoms. The van der Waals surface area contributed by atoms with Gasteiger partial charge in [0.05, 0.1) is 22.1 Å². The van der Waals surface area contributed by atoms with Crippen molar-refractivity contribution in [3.63, 3.8) is 0 Å². The average molecular weight is 799 g/mol. The van der Waals surface area contributed by atoms with Crippen molar-refractivity contribution in [3.8, 4) is 11.4 Å². The van der Waals surface area contributed by atoms with Crippen molar-refractivity contribution in [1.29, 1.82) is 0 Å². The van der Waals surface area contributed by atoms with Crippen molar-refractivity contribution in [3.05, 3.63) is 154 Å². The lowest BCUT2D eigenvalue weighted by Crippen LogP contribution is -2.48. The van der Waals surface area contributed by atoms with Crippen LogP contribution in [0, 0.1) is 13.8 Å². The molecule has 0 aliphatic heterocycles. The Bertz CT molecular complexity index is 3050. The molecule has 0 saturated heterocycles. The highest BCUT2D eigenvalue weighted by Gasteiger charge is 2.80. The van der Waals surface area contributed by atoms with E-state index in [1.54, 1.807) is 24.3 Å². The number of rotatable bonds is 4. The fraction of sp³-hybridized carbons (Fsp3) is 0.106. The second-order valence-corrected chi connectivity index (χ2v) is 17.2. The maximum Gasteiger partial charge on any atom is 0.380 e. The monoisotopic (exact) mass is 798 g/mol. The summed E-state index contributed by atoms with van der Waals surface area (Å²) in [7, 11) is 0. The van der Waals surface area contributed by atoms with E-state index in [-0.39, 0.29) is 31.7 Å². The van der Waals surface area contributed by atoms with E-state index in [2.05, 4.69) is 9.13 Å². The summed E-state index contributed by atoms with van der Waals surface area (Å²) in [6.07, 6.45) is 0. The number of halogens is 6. The summed E-state index contributed by atoms with van der Waals surface area (Å²) in [5.41, 5.74) is 1.99. The third kappa shape index (κ3) is 4.42. The van der Waals surface area contributed by atoms with Gasteiger partial charge in [-0.15, -0.1) is 22.7 Å². The van der Waals surface area contributed by atoms with E-state index < -0.39 is 28.9 Å². The predicted octanol–water partition coefficient (Wildman–Crippen LogP) is 14.8. The van der Waals surface area contributed by atoms with Crippen LogP contribution in [0.4, 0.5) is 26.3 Å². The summed E-state index contributed by atoms with van der Waals surface area (Å²) >= 11 is 2.25. The average Bonchev–Trinajstić information content (AvgIpc) is 3.94. The Kier molecular flexibility index (Phi) is 7.01. The van der Waals surface area contributed by atoms with Crippen molar-refractivity contribution in [1.82, 2.24) is 9.13 Å². The van der Waals surface area contributed by atoms with Crippen molar-refractivity contribution in [2.45, 2.75) is 31.6 Å². The van der Waals surface area contributed by atoms with Crippen LogP contribution in [0.2, 0.25) is 0 Å². The van der Waals surface area contributed by atoms with Gasteiger partial charge in [-0.3, -0.25) is 0 Å². The third-order valence-corrected chi connectivity index (χ3v) is 13.7. The summed E-state index contributed by atoms with van der Waals surface area (Å²) < 4.78 is 103. The molecule has 4 aromatic heterocycles. The molecule has 280 valence electrons. The first-order valence-corrected chi connectivity index (χ1v) is 20.0. The molecule has 10 aromatic rings. The molecule has 0 amide bonds. The summed E-state index contributed by atoms with van der Waals surface area (Å²) in [6, 6.07) is 41.9. The molecule has 2 nitrogen and oxygen atoms in total. The largest absolute Gasteiger partial charge is 0.380 e. The van der Waals surface area contributed by atoms with Crippen LogP contribution in [0.15, 0.2) is 133 Å². The number of alkyl halides is 6. The number of thiophene rings is 2. The number of fused-ring (bicyclic) bond motifs is 8. The van der Waals surface area contributed by atoms with E-state index in [0.29, 0.717) is 9.40 Å². The van der Waals surface area contributed by atoms with Gasteiger partial charge >= 0.3 is 17.8 Å². The van der Waals surface area contributed by atoms with Crippen LogP contribution >= 0.6 is 22.7 Å². The molecule has 0 bridgehead atoms. The molecular formula is C47H28F6N2S2. The molecular weight excluding hydrogens is 771 g/mol.